The summed E-state index contributed by atoms with van der Waals surface area (Å²) >= 11 is 0. The van der Waals surface area contributed by atoms with Crippen LogP contribution in [0.2, 0.25) is 0 Å². The van der Waals surface area contributed by atoms with Crippen LogP contribution in [0.1, 0.15) is 51.4 Å². The highest BCUT2D eigenvalue weighted by Crippen LogP contribution is 2.29. The number of pyridine rings is 1. The van der Waals surface area contributed by atoms with E-state index >= 15 is 0 Å². The molecule has 0 aliphatic carbocycles. The second-order valence-corrected chi connectivity index (χ2v) is 12.4. The summed E-state index contributed by atoms with van der Waals surface area (Å²) in [6.45, 7) is 9.42. The summed E-state index contributed by atoms with van der Waals surface area (Å²) in [5, 5.41) is 21.1. The molecule has 12 heteroatoms. The van der Waals surface area contributed by atoms with Crippen molar-refractivity contribution in [3.05, 3.63) is 84.1 Å². The summed E-state index contributed by atoms with van der Waals surface area (Å²) in [6, 6.07) is 16.1. The van der Waals surface area contributed by atoms with Gasteiger partial charge in [-0.3, -0.25) is 10.3 Å². The number of anilines is 2. The van der Waals surface area contributed by atoms with Crippen LogP contribution < -0.4 is 25.2 Å². The van der Waals surface area contributed by atoms with E-state index in [-0.39, 0.29) is 16.9 Å². The molecule has 242 valence electrons. The summed E-state index contributed by atoms with van der Waals surface area (Å²) in [5.74, 6) is 1.67. The van der Waals surface area contributed by atoms with Crippen molar-refractivity contribution in [2.45, 2.75) is 52.4 Å². The van der Waals surface area contributed by atoms with Gasteiger partial charge in [-0.25, -0.2) is 13.9 Å². The SMILES string of the molecule is Cc1cc(Oc2ccc(NC(=O)Nc3cc(C(C)(C)C)nn3-c3ccc(OCCC4CCN(C(=O)[O-])CC4)cc3)c(F)c2)ccn1. The molecule has 4 aromatic rings. The van der Waals surface area contributed by atoms with Gasteiger partial charge in [0.25, 0.3) is 0 Å². The molecule has 0 spiro atoms. The Bertz CT molecular complexity index is 1680. The maximum atomic E-state index is 14.9. The van der Waals surface area contributed by atoms with E-state index in [1.54, 1.807) is 35.1 Å². The molecule has 11 nitrogen and oxygen atoms in total. The number of nitrogens with one attached hydrogen (secondary N) is 2. The molecule has 5 rings (SSSR count). The van der Waals surface area contributed by atoms with Gasteiger partial charge < -0.3 is 29.6 Å². The number of ether oxygens (including phenoxy) is 2. The van der Waals surface area contributed by atoms with Crippen molar-refractivity contribution in [2.24, 2.45) is 5.92 Å². The average Bonchev–Trinajstić information content (AvgIpc) is 3.43. The molecule has 1 aliphatic rings. The lowest BCUT2D eigenvalue weighted by atomic mass is 9.92. The number of carbonyl (C=O) groups excluding carboxylic acids is 2. The van der Waals surface area contributed by atoms with E-state index in [1.807, 2.05) is 52.0 Å². The van der Waals surface area contributed by atoms with Crippen LogP contribution in [-0.4, -0.2) is 51.5 Å². The smallest absolute Gasteiger partial charge is 0.324 e. The standard InChI is InChI=1S/C34H39FN6O5/c1-22-19-27(11-15-36-22)46-26-9-10-29(28(35)20-26)37-32(42)38-31-21-30(34(2,3)4)39-41(31)24-5-7-25(8-6-24)45-18-14-23-12-16-40(17-13-23)33(43)44/h5-11,15,19-21,23H,12-14,16-18H2,1-4H3,(H,43,44)(H2,37,38,42)/p-1. The number of carboxylic acid groups (broad SMARTS) is 1. The van der Waals surface area contributed by atoms with Gasteiger partial charge in [0.15, 0.2) is 0 Å². The van der Waals surface area contributed by atoms with Crippen LogP contribution in [0.5, 0.6) is 17.2 Å². The van der Waals surface area contributed by atoms with Crippen molar-refractivity contribution >= 4 is 23.6 Å². The first-order valence-electron chi connectivity index (χ1n) is 15.2. The molecule has 46 heavy (non-hydrogen) atoms. The molecule has 2 aromatic heterocycles. The van der Waals surface area contributed by atoms with Crippen LogP contribution in [0.25, 0.3) is 5.69 Å². The molecular weight excluding hydrogens is 591 g/mol. The Hall–Kier alpha value is -5.13. The van der Waals surface area contributed by atoms with Gasteiger partial charge in [0.1, 0.15) is 35.0 Å². The second-order valence-electron chi connectivity index (χ2n) is 12.4. The zero-order valence-electron chi connectivity index (χ0n) is 26.4. The summed E-state index contributed by atoms with van der Waals surface area (Å²) in [5.41, 5.74) is 1.92. The number of rotatable bonds is 9. The highest BCUT2D eigenvalue weighted by atomic mass is 19.1. The quantitative estimate of drug-likeness (QED) is 0.223. The number of piperidine rings is 1. The topological polar surface area (TPSA) is 134 Å². The fraction of sp³-hybridized carbons (Fsp3) is 0.353. The van der Waals surface area contributed by atoms with E-state index in [9.17, 15) is 19.1 Å². The number of aromatic nitrogens is 3. The number of likely N-dealkylation sites (tertiary alicyclic amines) is 1. The Morgan fingerprint density at radius 3 is 2.33 bits per heavy atom. The van der Waals surface area contributed by atoms with Crippen LogP contribution in [0.4, 0.5) is 25.5 Å². The number of hydrogen-bond donors (Lipinski definition) is 2. The van der Waals surface area contributed by atoms with Gasteiger partial charge in [-0.1, -0.05) is 20.8 Å². The highest BCUT2D eigenvalue weighted by molar-refractivity contribution is 5.99. The molecule has 1 saturated heterocycles. The van der Waals surface area contributed by atoms with Crippen molar-refractivity contribution in [3.8, 4) is 22.9 Å². The largest absolute Gasteiger partial charge is 0.530 e. The van der Waals surface area contributed by atoms with Gasteiger partial charge in [-0.2, -0.15) is 5.10 Å². The third-order valence-corrected chi connectivity index (χ3v) is 7.76. The first kappa shape index (κ1) is 32.3. The van der Waals surface area contributed by atoms with Crippen LogP contribution in [0.3, 0.4) is 0 Å². The second kappa shape index (κ2) is 13.9. The lowest BCUT2D eigenvalue weighted by Crippen LogP contribution is -2.45. The molecule has 3 amide bonds. The first-order chi connectivity index (χ1) is 21.9. The van der Waals surface area contributed by atoms with E-state index in [0.29, 0.717) is 48.6 Å². The Labute approximate surface area is 267 Å². The van der Waals surface area contributed by atoms with Crippen LogP contribution >= 0.6 is 0 Å². The van der Waals surface area contributed by atoms with Crippen molar-refractivity contribution in [1.29, 1.82) is 0 Å². The van der Waals surface area contributed by atoms with Gasteiger partial charge in [0.2, 0.25) is 0 Å². The normalized spacial score (nSPS) is 13.7. The Morgan fingerprint density at radius 2 is 1.67 bits per heavy atom. The predicted octanol–water partition coefficient (Wildman–Crippen LogP) is 6.27. The number of halogens is 1. The Balaban J connectivity index is 1.22. The van der Waals surface area contributed by atoms with Gasteiger partial charge in [-0.15, -0.1) is 0 Å². The zero-order valence-corrected chi connectivity index (χ0v) is 26.4. The predicted molar refractivity (Wildman–Crippen MR) is 170 cm³/mol. The first-order valence-corrected chi connectivity index (χ1v) is 15.2. The number of aryl methyl sites for hydroxylation is 1. The van der Waals surface area contributed by atoms with E-state index in [0.717, 1.165) is 30.7 Å². The minimum atomic E-state index is -1.11. The van der Waals surface area contributed by atoms with Crippen LogP contribution in [0.15, 0.2) is 66.9 Å². The van der Waals surface area contributed by atoms with Gasteiger partial charge >= 0.3 is 6.03 Å². The highest BCUT2D eigenvalue weighted by Gasteiger charge is 2.22. The summed E-state index contributed by atoms with van der Waals surface area (Å²) < 4.78 is 28.2. The summed E-state index contributed by atoms with van der Waals surface area (Å²) in [4.78, 5) is 29.5. The third kappa shape index (κ3) is 8.32. The van der Waals surface area contributed by atoms with E-state index in [2.05, 4.69) is 15.6 Å². The summed E-state index contributed by atoms with van der Waals surface area (Å²) in [6.07, 6.45) is 2.93. The van der Waals surface area contributed by atoms with E-state index in [1.165, 1.54) is 17.0 Å². The number of benzene rings is 2. The molecule has 1 aliphatic heterocycles. The molecule has 2 aromatic carbocycles. The molecule has 0 unspecified atom stereocenters. The number of urea groups is 1. The van der Waals surface area contributed by atoms with Crippen molar-refractivity contribution in [2.75, 3.05) is 30.3 Å². The Kier molecular flexibility index (Phi) is 9.74. The van der Waals surface area contributed by atoms with Crippen molar-refractivity contribution in [1.82, 2.24) is 19.7 Å². The third-order valence-electron chi connectivity index (χ3n) is 7.76. The molecule has 0 radical (unpaired) electrons. The van der Waals surface area contributed by atoms with E-state index < -0.39 is 17.9 Å². The minimum absolute atomic E-state index is 0.0104. The molecule has 0 atom stereocenters. The number of nitrogens with zero attached hydrogens (tertiary/aromatic N) is 4. The van der Waals surface area contributed by atoms with Crippen molar-refractivity contribution < 1.29 is 28.6 Å². The molecule has 2 N–H and O–H groups in total. The van der Waals surface area contributed by atoms with Crippen molar-refractivity contribution in [3.63, 3.8) is 0 Å². The monoisotopic (exact) mass is 629 g/mol. The molecule has 0 saturated carbocycles. The average molecular weight is 630 g/mol. The maximum Gasteiger partial charge on any atom is 0.324 e. The number of amides is 3. The van der Waals surface area contributed by atoms with Crippen LogP contribution in [-0.2, 0) is 5.41 Å². The van der Waals surface area contributed by atoms with Gasteiger partial charge in [-0.05, 0) is 74.6 Å². The van der Waals surface area contributed by atoms with Gasteiger partial charge in [0.05, 0.1) is 23.7 Å². The zero-order chi connectivity index (χ0) is 32.8. The fourth-order valence-corrected chi connectivity index (χ4v) is 5.11. The Morgan fingerprint density at radius 1 is 0.978 bits per heavy atom. The minimum Gasteiger partial charge on any atom is -0.530 e. The van der Waals surface area contributed by atoms with Crippen LogP contribution in [0, 0.1) is 18.7 Å². The molecular formula is C34H38FN6O5-. The maximum absolute atomic E-state index is 14.9. The lowest BCUT2D eigenvalue weighted by molar-refractivity contribution is -0.266. The molecule has 1 fully saturated rings. The van der Waals surface area contributed by atoms with Gasteiger partial charge in [0, 0.05) is 48.6 Å². The van der Waals surface area contributed by atoms with E-state index in [4.69, 9.17) is 14.6 Å². The number of hydrogen-bond acceptors (Lipinski definition) is 7. The molecule has 0 bridgehead atoms. The summed E-state index contributed by atoms with van der Waals surface area (Å²) in [7, 11) is 0. The lowest BCUT2D eigenvalue weighted by Gasteiger charge is -2.33. The fourth-order valence-electron chi connectivity index (χ4n) is 5.11. The number of carbonyl (C=O) groups is 2. The molecule has 3 heterocycles.